The van der Waals surface area contributed by atoms with Gasteiger partial charge in [-0.3, -0.25) is 14.9 Å². The fourth-order valence-electron chi connectivity index (χ4n) is 1.20. The second kappa shape index (κ2) is 5.60. The van der Waals surface area contributed by atoms with E-state index >= 15 is 0 Å². The Bertz CT molecular complexity index is 390. The number of esters is 1. The van der Waals surface area contributed by atoms with Crippen LogP contribution in [0.25, 0.3) is 0 Å². The van der Waals surface area contributed by atoms with Crippen LogP contribution in [0.4, 0.5) is 5.69 Å². The Labute approximate surface area is 101 Å². The van der Waals surface area contributed by atoms with Gasteiger partial charge in [-0.1, -0.05) is 15.9 Å². The number of hydrogen-bond acceptors (Lipinski definition) is 4. The smallest absolute Gasteiger partial charge is 0.303 e. The first-order valence-electron chi connectivity index (χ1n) is 4.52. The van der Waals surface area contributed by atoms with Crippen LogP contribution in [-0.4, -0.2) is 16.2 Å². The molecule has 5 nitrogen and oxygen atoms in total. The normalized spacial score (nSPS) is 11.9. The van der Waals surface area contributed by atoms with Crippen LogP contribution in [0.1, 0.15) is 18.6 Å². The third-order valence-electron chi connectivity index (χ3n) is 1.92. The van der Waals surface area contributed by atoms with Crippen molar-refractivity contribution in [3.05, 3.63) is 39.9 Å². The number of ether oxygens (including phenoxy) is 1. The zero-order chi connectivity index (χ0) is 12.1. The van der Waals surface area contributed by atoms with E-state index < -0.39 is 11.0 Å². The third-order valence-corrected chi connectivity index (χ3v) is 2.51. The predicted molar refractivity (Wildman–Crippen MR) is 61.4 cm³/mol. The number of non-ortho nitro benzene ring substituents is 1. The van der Waals surface area contributed by atoms with Gasteiger partial charge in [0.05, 0.1) is 4.92 Å². The summed E-state index contributed by atoms with van der Waals surface area (Å²) in [5, 5.41) is 10.9. The standard InChI is InChI=1S/C10H10BrNO4/c1-7(13)16-10(6-11)8-2-4-9(5-3-8)12(14)15/h2-5,10H,6H2,1H3. The topological polar surface area (TPSA) is 69.4 Å². The van der Waals surface area contributed by atoms with Crippen molar-refractivity contribution in [2.24, 2.45) is 0 Å². The molecule has 86 valence electrons. The Balaban J connectivity index is 2.86. The Morgan fingerprint density at radius 3 is 2.44 bits per heavy atom. The van der Waals surface area contributed by atoms with Crippen molar-refractivity contribution in [2.45, 2.75) is 13.0 Å². The van der Waals surface area contributed by atoms with Gasteiger partial charge < -0.3 is 4.74 Å². The minimum absolute atomic E-state index is 0.0138. The van der Waals surface area contributed by atoms with E-state index in [4.69, 9.17) is 4.74 Å². The average molecular weight is 288 g/mol. The van der Waals surface area contributed by atoms with Crippen molar-refractivity contribution in [1.29, 1.82) is 0 Å². The lowest BCUT2D eigenvalue weighted by atomic mass is 10.1. The van der Waals surface area contributed by atoms with Gasteiger partial charge in [-0.15, -0.1) is 0 Å². The van der Waals surface area contributed by atoms with Crippen LogP contribution in [-0.2, 0) is 9.53 Å². The Morgan fingerprint density at radius 2 is 2.06 bits per heavy atom. The SMILES string of the molecule is CC(=O)OC(CBr)c1ccc([N+](=O)[O-])cc1. The number of carbonyl (C=O) groups is 1. The van der Waals surface area contributed by atoms with Crippen molar-refractivity contribution >= 4 is 27.6 Å². The van der Waals surface area contributed by atoms with Gasteiger partial charge in [0.25, 0.3) is 5.69 Å². The van der Waals surface area contributed by atoms with Gasteiger partial charge >= 0.3 is 5.97 Å². The van der Waals surface area contributed by atoms with Crippen LogP contribution in [0.3, 0.4) is 0 Å². The second-order valence-electron chi connectivity index (χ2n) is 3.10. The summed E-state index contributed by atoms with van der Waals surface area (Å²) >= 11 is 3.22. The molecule has 1 aromatic carbocycles. The number of nitrogens with zero attached hydrogens (tertiary/aromatic N) is 1. The van der Waals surface area contributed by atoms with E-state index in [1.807, 2.05) is 0 Å². The largest absolute Gasteiger partial charge is 0.457 e. The lowest BCUT2D eigenvalue weighted by Gasteiger charge is -2.14. The summed E-state index contributed by atoms with van der Waals surface area (Å²) < 4.78 is 5.03. The van der Waals surface area contributed by atoms with E-state index in [2.05, 4.69) is 15.9 Å². The van der Waals surface area contributed by atoms with Crippen LogP contribution >= 0.6 is 15.9 Å². The fraction of sp³-hybridized carbons (Fsp3) is 0.300. The highest BCUT2D eigenvalue weighted by Crippen LogP contribution is 2.22. The molecule has 0 aromatic heterocycles. The van der Waals surface area contributed by atoms with Crippen LogP contribution in [0.15, 0.2) is 24.3 Å². The lowest BCUT2D eigenvalue weighted by molar-refractivity contribution is -0.384. The maximum Gasteiger partial charge on any atom is 0.303 e. The van der Waals surface area contributed by atoms with Crippen molar-refractivity contribution < 1.29 is 14.5 Å². The first-order valence-corrected chi connectivity index (χ1v) is 5.64. The number of hydrogen-bond donors (Lipinski definition) is 0. The molecular weight excluding hydrogens is 278 g/mol. The zero-order valence-electron chi connectivity index (χ0n) is 8.55. The summed E-state index contributed by atoms with van der Waals surface area (Å²) in [4.78, 5) is 20.8. The van der Waals surface area contributed by atoms with Gasteiger partial charge in [0.1, 0.15) is 6.10 Å². The van der Waals surface area contributed by atoms with Crippen LogP contribution < -0.4 is 0 Å². The molecule has 0 bridgehead atoms. The predicted octanol–water partition coefficient (Wildman–Crippen LogP) is 2.59. The first kappa shape index (κ1) is 12.6. The molecule has 0 saturated heterocycles. The maximum atomic E-state index is 10.8. The summed E-state index contributed by atoms with van der Waals surface area (Å²) in [5.41, 5.74) is 0.734. The molecule has 1 unspecified atom stereocenters. The van der Waals surface area contributed by atoms with Crippen molar-refractivity contribution in [1.82, 2.24) is 0 Å². The first-order chi connectivity index (χ1) is 7.54. The van der Waals surface area contributed by atoms with Gasteiger partial charge in [-0.2, -0.15) is 0 Å². The molecular formula is C10H10BrNO4. The van der Waals surface area contributed by atoms with Gasteiger partial charge in [0.2, 0.25) is 0 Å². The Kier molecular flexibility index (Phi) is 4.42. The molecule has 0 radical (unpaired) electrons. The molecule has 0 N–H and O–H groups in total. The third kappa shape index (κ3) is 3.30. The highest BCUT2D eigenvalue weighted by Gasteiger charge is 2.14. The van der Waals surface area contributed by atoms with E-state index in [9.17, 15) is 14.9 Å². The molecule has 1 aromatic rings. The van der Waals surface area contributed by atoms with Gasteiger partial charge in [0.15, 0.2) is 0 Å². The molecule has 16 heavy (non-hydrogen) atoms. The number of rotatable bonds is 4. The monoisotopic (exact) mass is 287 g/mol. The number of benzene rings is 1. The molecule has 1 rings (SSSR count). The molecule has 6 heteroatoms. The van der Waals surface area contributed by atoms with E-state index in [1.165, 1.54) is 19.1 Å². The number of alkyl halides is 1. The highest BCUT2D eigenvalue weighted by molar-refractivity contribution is 9.09. The Hall–Kier alpha value is -1.43. The van der Waals surface area contributed by atoms with E-state index in [0.29, 0.717) is 5.33 Å². The van der Waals surface area contributed by atoms with E-state index in [0.717, 1.165) is 5.56 Å². The lowest BCUT2D eigenvalue weighted by Crippen LogP contribution is -2.09. The van der Waals surface area contributed by atoms with Crippen LogP contribution in [0.2, 0.25) is 0 Å². The minimum atomic E-state index is -0.473. The van der Waals surface area contributed by atoms with Crippen molar-refractivity contribution in [3.63, 3.8) is 0 Å². The molecule has 0 fully saturated rings. The molecule has 1 atom stereocenters. The van der Waals surface area contributed by atoms with E-state index in [-0.39, 0.29) is 11.7 Å². The maximum absolute atomic E-state index is 10.8. The average Bonchev–Trinajstić information content (AvgIpc) is 2.25. The van der Waals surface area contributed by atoms with Crippen LogP contribution in [0, 0.1) is 10.1 Å². The fourth-order valence-corrected chi connectivity index (χ4v) is 1.71. The quantitative estimate of drug-likeness (QED) is 0.369. The summed E-state index contributed by atoms with van der Waals surface area (Å²) in [7, 11) is 0. The minimum Gasteiger partial charge on any atom is -0.457 e. The van der Waals surface area contributed by atoms with Crippen LogP contribution in [0.5, 0.6) is 0 Å². The second-order valence-corrected chi connectivity index (χ2v) is 3.75. The molecule has 0 saturated carbocycles. The molecule has 0 heterocycles. The number of nitro benzene ring substituents is 1. The summed E-state index contributed by atoms with van der Waals surface area (Å²) in [5.74, 6) is -0.386. The number of nitro groups is 1. The van der Waals surface area contributed by atoms with Crippen molar-refractivity contribution in [2.75, 3.05) is 5.33 Å². The molecule has 0 spiro atoms. The summed E-state index contributed by atoms with van der Waals surface area (Å²) in [6.45, 7) is 1.32. The Morgan fingerprint density at radius 1 is 1.50 bits per heavy atom. The number of halogens is 1. The van der Waals surface area contributed by atoms with Gasteiger partial charge in [-0.05, 0) is 17.7 Å². The van der Waals surface area contributed by atoms with Gasteiger partial charge in [-0.25, -0.2) is 0 Å². The molecule has 0 aliphatic heterocycles. The molecule has 0 amide bonds. The zero-order valence-corrected chi connectivity index (χ0v) is 10.1. The highest BCUT2D eigenvalue weighted by atomic mass is 79.9. The molecule has 0 aliphatic carbocycles. The summed E-state index contributed by atoms with van der Waals surface area (Å²) in [6.07, 6.45) is -0.418. The van der Waals surface area contributed by atoms with E-state index in [1.54, 1.807) is 12.1 Å². The van der Waals surface area contributed by atoms with Crippen molar-refractivity contribution in [3.8, 4) is 0 Å². The summed E-state index contributed by atoms with van der Waals surface area (Å²) in [6, 6.07) is 5.92. The number of carbonyl (C=O) groups excluding carboxylic acids is 1. The molecule has 0 aliphatic rings. The van der Waals surface area contributed by atoms with Gasteiger partial charge in [0, 0.05) is 24.4 Å².